The molecule has 5 heteroatoms. The molecule has 0 saturated heterocycles. The van der Waals surface area contributed by atoms with Gasteiger partial charge in [0.2, 0.25) is 0 Å². The second-order valence-electron chi connectivity index (χ2n) is 5.45. The lowest BCUT2D eigenvalue weighted by atomic mass is 9.96. The zero-order valence-electron chi connectivity index (χ0n) is 12.2. The number of aliphatic hydroxyl groups excluding tert-OH is 1. The van der Waals surface area contributed by atoms with Crippen LogP contribution in [0.15, 0.2) is 41.1 Å². The highest BCUT2D eigenvalue weighted by molar-refractivity contribution is 7.07. The number of amides is 1. The van der Waals surface area contributed by atoms with Gasteiger partial charge in [-0.2, -0.15) is 11.3 Å². The Morgan fingerprint density at radius 1 is 1.36 bits per heavy atom. The van der Waals surface area contributed by atoms with Gasteiger partial charge < -0.3 is 15.2 Å². The SMILES string of the molecule is O=C(NCC(O)c1ccsc1)c1ccccc1OC1CCC1. The van der Waals surface area contributed by atoms with Gasteiger partial charge in [-0.3, -0.25) is 4.79 Å². The molecule has 0 bridgehead atoms. The van der Waals surface area contributed by atoms with E-state index < -0.39 is 6.10 Å². The van der Waals surface area contributed by atoms with Crippen molar-refractivity contribution in [3.05, 3.63) is 52.2 Å². The van der Waals surface area contributed by atoms with Gasteiger partial charge in [-0.15, -0.1) is 0 Å². The molecule has 1 amide bonds. The van der Waals surface area contributed by atoms with Gasteiger partial charge in [-0.25, -0.2) is 0 Å². The van der Waals surface area contributed by atoms with Crippen molar-refractivity contribution in [1.29, 1.82) is 0 Å². The van der Waals surface area contributed by atoms with E-state index in [-0.39, 0.29) is 18.6 Å². The standard InChI is InChI=1S/C17H19NO3S/c19-15(12-8-9-22-11-12)10-18-17(20)14-6-1-2-7-16(14)21-13-4-3-5-13/h1-2,6-9,11,13,15,19H,3-5,10H2,(H,18,20). The Hall–Kier alpha value is -1.85. The molecule has 0 aliphatic heterocycles. The number of rotatable bonds is 6. The Morgan fingerprint density at radius 2 is 2.18 bits per heavy atom. The summed E-state index contributed by atoms with van der Waals surface area (Å²) in [7, 11) is 0. The van der Waals surface area contributed by atoms with Gasteiger partial charge in [-0.05, 0) is 53.8 Å². The maximum Gasteiger partial charge on any atom is 0.255 e. The van der Waals surface area contributed by atoms with Crippen LogP contribution < -0.4 is 10.1 Å². The van der Waals surface area contributed by atoms with Gasteiger partial charge in [0.05, 0.1) is 17.8 Å². The minimum atomic E-state index is -0.685. The van der Waals surface area contributed by atoms with Crippen molar-refractivity contribution in [3.8, 4) is 5.75 Å². The average molecular weight is 317 g/mol. The quantitative estimate of drug-likeness (QED) is 0.860. The maximum atomic E-state index is 12.3. The third-order valence-electron chi connectivity index (χ3n) is 3.86. The number of thiophene rings is 1. The minimum Gasteiger partial charge on any atom is -0.490 e. The summed E-state index contributed by atoms with van der Waals surface area (Å²) in [6.07, 6.45) is 2.83. The van der Waals surface area contributed by atoms with Crippen molar-refractivity contribution < 1.29 is 14.6 Å². The molecule has 1 atom stereocenters. The predicted octanol–water partition coefficient (Wildman–Crippen LogP) is 3.14. The zero-order chi connectivity index (χ0) is 15.4. The Labute approximate surface area is 133 Å². The summed E-state index contributed by atoms with van der Waals surface area (Å²) in [5, 5.41) is 16.6. The summed E-state index contributed by atoms with van der Waals surface area (Å²) in [5.74, 6) is 0.402. The molecule has 1 aliphatic rings. The van der Waals surface area contributed by atoms with Gasteiger partial charge >= 0.3 is 0 Å². The first-order valence-electron chi connectivity index (χ1n) is 7.48. The molecule has 1 unspecified atom stereocenters. The van der Waals surface area contributed by atoms with Crippen LogP contribution in [-0.4, -0.2) is 23.7 Å². The molecule has 1 fully saturated rings. The van der Waals surface area contributed by atoms with Crippen LogP contribution >= 0.6 is 11.3 Å². The van der Waals surface area contributed by atoms with Crippen molar-refractivity contribution in [2.75, 3.05) is 6.54 Å². The summed E-state index contributed by atoms with van der Waals surface area (Å²) < 4.78 is 5.86. The molecule has 3 rings (SSSR count). The summed E-state index contributed by atoms with van der Waals surface area (Å²) in [6.45, 7) is 0.188. The lowest BCUT2D eigenvalue weighted by molar-refractivity contribution is 0.0893. The van der Waals surface area contributed by atoms with Crippen LogP contribution in [-0.2, 0) is 0 Å². The Kier molecular flexibility index (Phi) is 4.75. The predicted molar refractivity (Wildman–Crippen MR) is 86.3 cm³/mol. The van der Waals surface area contributed by atoms with E-state index in [1.807, 2.05) is 35.0 Å². The largest absolute Gasteiger partial charge is 0.490 e. The minimum absolute atomic E-state index is 0.188. The Balaban J connectivity index is 1.61. The lowest BCUT2D eigenvalue weighted by Crippen LogP contribution is -2.30. The Bertz CT molecular complexity index is 623. The summed E-state index contributed by atoms with van der Waals surface area (Å²) >= 11 is 1.52. The van der Waals surface area contributed by atoms with Gasteiger partial charge in [0.15, 0.2) is 0 Å². The average Bonchev–Trinajstić information content (AvgIpc) is 3.03. The summed E-state index contributed by atoms with van der Waals surface area (Å²) in [6, 6.07) is 9.11. The van der Waals surface area contributed by atoms with Gasteiger partial charge in [-0.1, -0.05) is 12.1 Å². The smallest absolute Gasteiger partial charge is 0.255 e. The second kappa shape index (κ2) is 6.94. The molecule has 1 heterocycles. The molecule has 0 radical (unpaired) electrons. The lowest BCUT2D eigenvalue weighted by Gasteiger charge is -2.27. The highest BCUT2D eigenvalue weighted by Crippen LogP contribution is 2.27. The van der Waals surface area contributed by atoms with Crippen molar-refractivity contribution in [1.82, 2.24) is 5.32 Å². The number of carbonyl (C=O) groups excluding carboxylic acids is 1. The highest BCUT2D eigenvalue weighted by Gasteiger charge is 2.22. The van der Waals surface area contributed by atoms with Crippen LogP contribution in [0.4, 0.5) is 0 Å². The number of para-hydroxylation sites is 1. The normalized spacial score (nSPS) is 15.9. The van der Waals surface area contributed by atoms with Crippen molar-refractivity contribution in [2.45, 2.75) is 31.5 Å². The highest BCUT2D eigenvalue weighted by atomic mass is 32.1. The molecule has 4 nitrogen and oxygen atoms in total. The number of nitrogens with one attached hydrogen (secondary N) is 1. The van der Waals surface area contributed by atoms with Crippen LogP contribution in [0.25, 0.3) is 0 Å². The molecular weight excluding hydrogens is 298 g/mol. The molecule has 1 aromatic heterocycles. The Morgan fingerprint density at radius 3 is 2.86 bits per heavy atom. The van der Waals surface area contributed by atoms with Gasteiger partial charge in [0.25, 0.3) is 5.91 Å². The summed E-state index contributed by atoms with van der Waals surface area (Å²) in [4.78, 5) is 12.3. The first kappa shape index (κ1) is 15.1. The maximum absolute atomic E-state index is 12.3. The van der Waals surface area contributed by atoms with Crippen LogP contribution in [0.1, 0.15) is 41.3 Å². The third-order valence-corrected chi connectivity index (χ3v) is 4.56. The molecule has 1 aromatic carbocycles. The topological polar surface area (TPSA) is 58.6 Å². The number of hydrogen-bond donors (Lipinski definition) is 2. The van der Waals surface area contributed by atoms with E-state index in [9.17, 15) is 9.90 Å². The number of ether oxygens (including phenoxy) is 1. The van der Waals surface area contributed by atoms with Crippen molar-refractivity contribution in [2.24, 2.45) is 0 Å². The molecule has 22 heavy (non-hydrogen) atoms. The van der Waals surface area contributed by atoms with E-state index in [0.717, 1.165) is 18.4 Å². The fraction of sp³-hybridized carbons (Fsp3) is 0.353. The van der Waals surface area contributed by atoms with Crippen LogP contribution in [0.2, 0.25) is 0 Å². The zero-order valence-corrected chi connectivity index (χ0v) is 13.0. The molecule has 1 aliphatic carbocycles. The molecular formula is C17H19NO3S. The fourth-order valence-electron chi connectivity index (χ4n) is 2.29. The summed E-state index contributed by atoms with van der Waals surface area (Å²) in [5.41, 5.74) is 1.34. The van der Waals surface area contributed by atoms with Crippen molar-refractivity contribution >= 4 is 17.2 Å². The first-order valence-corrected chi connectivity index (χ1v) is 8.42. The van der Waals surface area contributed by atoms with E-state index in [2.05, 4.69) is 5.32 Å². The van der Waals surface area contributed by atoms with Gasteiger partial charge in [0, 0.05) is 6.54 Å². The van der Waals surface area contributed by atoms with Crippen LogP contribution in [0.5, 0.6) is 5.75 Å². The van der Waals surface area contributed by atoms with E-state index >= 15 is 0 Å². The van der Waals surface area contributed by atoms with Crippen LogP contribution in [0, 0.1) is 0 Å². The third kappa shape index (κ3) is 3.48. The fourth-order valence-corrected chi connectivity index (χ4v) is 3.00. The van der Waals surface area contributed by atoms with Crippen LogP contribution in [0.3, 0.4) is 0 Å². The number of hydrogen-bond acceptors (Lipinski definition) is 4. The monoisotopic (exact) mass is 317 g/mol. The van der Waals surface area contributed by atoms with E-state index in [1.165, 1.54) is 17.8 Å². The molecule has 2 aromatic rings. The molecule has 0 spiro atoms. The number of benzene rings is 1. The first-order chi connectivity index (χ1) is 10.7. The second-order valence-corrected chi connectivity index (χ2v) is 6.23. The number of carbonyl (C=O) groups is 1. The molecule has 2 N–H and O–H groups in total. The van der Waals surface area contributed by atoms with E-state index in [0.29, 0.717) is 11.3 Å². The van der Waals surface area contributed by atoms with E-state index in [4.69, 9.17) is 4.74 Å². The van der Waals surface area contributed by atoms with E-state index in [1.54, 1.807) is 6.07 Å². The van der Waals surface area contributed by atoms with Gasteiger partial charge in [0.1, 0.15) is 5.75 Å². The van der Waals surface area contributed by atoms with Crippen molar-refractivity contribution in [3.63, 3.8) is 0 Å². The number of aliphatic hydroxyl groups is 1. The molecule has 1 saturated carbocycles. The molecule has 116 valence electrons.